The lowest BCUT2D eigenvalue weighted by molar-refractivity contribution is 0.132. The van der Waals surface area contributed by atoms with E-state index >= 15 is 0 Å². The summed E-state index contributed by atoms with van der Waals surface area (Å²) in [5, 5.41) is 0. The number of hydrogen-bond donors (Lipinski definition) is 0. The SMILES string of the molecule is COC(=O)OBr. The van der Waals surface area contributed by atoms with E-state index in [1.165, 1.54) is 7.11 Å². The Bertz CT molecular complexity index is 46.8. The summed E-state index contributed by atoms with van der Waals surface area (Å²) in [5.74, 6) is 0. The van der Waals surface area contributed by atoms with Gasteiger partial charge in [0.05, 0.1) is 7.11 Å². The average Bonchev–Trinajstić information content (AvgIpc) is 1.65. The molecule has 0 saturated heterocycles. The van der Waals surface area contributed by atoms with Crippen LogP contribution in [0.15, 0.2) is 0 Å². The highest BCUT2D eigenvalue weighted by molar-refractivity contribution is 9.06. The minimum absolute atomic E-state index is 0.741. The Kier molecular flexibility index (Phi) is 2.84. The minimum Gasteiger partial charge on any atom is -0.437 e. The van der Waals surface area contributed by atoms with E-state index in [9.17, 15) is 4.79 Å². The molecule has 36 valence electrons. The van der Waals surface area contributed by atoms with Crippen molar-refractivity contribution >= 4 is 22.4 Å². The van der Waals surface area contributed by atoms with Crippen molar-refractivity contribution < 1.29 is 13.4 Å². The Balaban J connectivity index is 2.99. The third-order valence-corrected chi connectivity index (χ3v) is 0.494. The standard InChI is InChI=1S/C2H3BrO3/c1-5-2(4)6-3/h1H3. The smallest absolute Gasteiger partial charge is 0.437 e. The lowest BCUT2D eigenvalue weighted by Gasteiger charge is -1.86. The molecule has 0 aliphatic carbocycles. The third kappa shape index (κ3) is 2.02. The Morgan fingerprint density at radius 2 is 2.33 bits per heavy atom. The summed E-state index contributed by atoms with van der Waals surface area (Å²) < 4.78 is 7.84. The van der Waals surface area contributed by atoms with Crippen molar-refractivity contribution in [2.45, 2.75) is 0 Å². The van der Waals surface area contributed by atoms with Crippen molar-refractivity contribution in [2.24, 2.45) is 0 Å². The van der Waals surface area contributed by atoms with E-state index in [-0.39, 0.29) is 0 Å². The van der Waals surface area contributed by atoms with Gasteiger partial charge in [0.15, 0.2) is 16.3 Å². The number of rotatable bonds is 0. The number of ether oxygens (including phenoxy) is 1. The van der Waals surface area contributed by atoms with Crippen molar-refractivity contribution in [1.82, 2.24) is 0 Å². The number of carbonyl (C=O) groups excluding carboxylic acids is 1. The zero-order valence-electron chi connectivity index (χ0n) is 3.10. The van der Waals surface area contributed by atoms with Crippen molar-refractivity contribution in [1.29, 1.82) is 0 Å². The summed E-state index contributed by atoms with van der Waals surface area (Å²) in [5.41, 5.74) is 0. The van der Waals surface area contributed by atoms with Gasteiger partial charge in [0.2, 0.25) is 0 Å². The Morgan fingerprint density at radius 3 is 2.33 bits per heavy atom. The molecular weight excluding hydrogens is 152 g/mol. The molecule has 0 radical (unpaired) electrons. The van der Waals surface area contributed by atoms with E-state index in [0.717, 1.165) is 0 Å². The van der Waals surface area contributed by atoms with Crippen LogP contribution in [0.5, 0.6) is 0 Å². The van der Waals surface area contributed by atoms with E-state index in [1.807, 2.05) is 0 Å². The van der Waals surface area contributed by atoms with Crippen LogP contribution in [0.25, 0.3) is 0 Å². The maximum atomic E-state index is 9.69. The molecule has 0 aromatic heterocycles. The van der Waals surface area contributed by atoms with Crippen LogP contribution in [-0.2, 0) is 8.57 Å². The van der Waals surface area contributed by atoms with Gasteiger partial charge in [-0.1, -0.05) is 0 Å². The first kappa shape index (κ1) is 5.75. The molecule has 0 bridgehead atoms. The van der Waals surface area contributed by atoms with Gasteiger partial charge in [-0.3, -0.25) is 0 Å². The van der Waals surface area contributed by atoms with E-state index in [1.54, 1.807) is 0 Å². The Hall–Kier alpha value is -0.250. The van der Waals surface area contributed by atoms with Gasteiger partial charge in [0.1, 0.15) is 0 Å². The molecule has 0 fully saturated rings. The zero-order chi connectivity index (χ0) is 4.99. The molecular formula is C2H3BrO3. The predicted octanol–water partition coefficient (Wildman–Crippen LogP) is 1.08. The van der Waals surface area contributed by atoms with Gasteiger partial charge >= 0.3 is 6.16 Å². The molecule has 0 amide bonds. The molecule has 3 nitrogen and oxygen atoms in total. The molecule has 0 spiro atoms. The van der Waals surface area contributed by atoms with Crippen LogP contribution < -0.4 is 0 Å². The maximum absolute atomic E-state index is 9.69. The van der Waals surface area contributed by atoms with Crippen LogP contribution in [0.1, 0.15) is 0 Å². The fourth-order valence-corrected chi connectivity index (χ4v) is 0.164. The van der Waals surface area contributed by atoms with Gasteiger partial charge in [-0.15, -0.1) is 0 Å². The van der Waals surface area contributed by atoms with Crippen LogP contribution in [0, 0.1) is 0 Å². The molecule has 0 aliphatic heterocycles. The Labute approximate surface area is 43.7 Å². The fraction of sp³-hybridized carbons (Fsp3) is 0.500. The van der Waals surface area contributed by atoms with E-state index in [2.05, 4.69) is 24.8 Å². The second kappa shape index (κ2) is 2.96. The average molecular weight is 155 g/mol. The van der Waals surface area contributed by atoms with Gasteiger partial charge < -0.3 is 8.57 Å². The fourth-order valence-electron chi connectivity index (χ4n) is 0.0315. The predicted molar refractivity (Wildman–Crippen MR) is 22.4 cm³/mol. The highest BCUT2D eigenvalue weighted by atomic mass is 79.9. The molecule has 0 unspecified atom stereocenters. The van der Waals surface area contributed by atoms with Crippen LogP contribution in [0.3, 0.4) is 0 Å². The van der Waals surface area contributed by atoms with Crippen LogP contribution in [-0.4, -0.2) is 13.3 Å². The number of methoxy groups -OCH3 is 1. The lowest BCUT2D eigenvalue weighted by atomic mass is 11.4. The van der Waals surface area contributed by atoms with Gasteiger partial charge in [-0.2, -0.15) is 0 Å². The van der Waals surface area contributed by atoms with E-state index < -0.39 is 6.16 Å². The summed E-state index contributed by atoms with van der Waals surface area (Å²) in [6.45, 7) is 0. The van der Waals surface area contributed by atoms with Gasteiger partial charge in [0, 0.05) is 0 Å². The number of halogens is 1. The number of carbonyl (C=O) groups is 1. The summed E-state index contributed by atoms with van der Waals surface area (Å²) >= 11 is 2.40. The topological polar surface area (TPSA) is 35.5 Å². The normalized spacial score (nSPS) is 7.00. The lowest BCUT2D eigenvalue weighted by Crippen LogP contribution is -1.93. The summed E-state index contributed by atoms with van der Waals surface area (Å²) in [6.07, 6.45) is -0.741. The second-order valence-corrected chi connectivity index (χ2v) is 0.855. The summed E-state index contributed by atoms with van der Waals surface area (Å²) in [7, 11) is 1.23. The van der Waals surface area contributed by atoms with E-state index in [0.29, 0.717) is 0 Å². The highest BCUT2D eigenvalue weighted by Crippen LogP contribution is 1.86. The first-order chi connectivity index (χ1) is 2.81. The monoisotopic (exact) mass is 154 g/mol. The summed E-state index contributed by atoms with van der Waals surface area (Å²) in [6, 6.07) is 0. The second-order valence-electron chi connectivity index (χ2n) is 0.531. The molecule has 0 aromatic rings. The highest BCUT2D eigenvalue weighted by Gasteiger charge is 1.91. The molecule has 0 N–H and O–H groups in total. The Morgan fingerprint density at radius 1 is 1.83 bits per heavy atom. The molecule has 0 saturated carbocycles. The van der Waals surface area contributed by atoms with Crippen molar-refractivity contribution in [3.63, 3.8) is 0 Å². The van der Waals surface area contributed by atoms with Crippen molar-refractivity contribution in [3.8, 4) is 0 Å². The van der Waals surface area contributed by atoms with Gasteiger partial charge in [-0.25, -0.2) is 4.79 Å². The molecule has 0 aliphatic rings. The molecule has 6 heavy (non-hydrogen) atoms. The van der Waals surface area contributed by atoms with Crippen LogP contribution >= 0.6 is 16.3 Å². The first-order valence-electron chi connectivity index (χ1n) is 1.17. The number of hydrogen-bond acceptors (Lipinski definition) is 3. The third-order valence-electron chi connectivity index (χ3n) is 0.230. The molecule has 0 heterocycles. The van der Waals surface area contributed by atoms with Gasteiger partial charge in [-0.05, 0) is 0 Å². The van der Waals surface area contributed by atoms with Crippen molar-refractivity contribution in [2.75, 3.05) is 7.11 Å². The first-order valence-corrected chi connectivity index (χ1v) is 1.82. The zero-order valence-corrected chi connectivity index (χ0v) is 4.69. The van der Waals surface area contributed by atoms with Crippen LogP contribution in [0.2, 0.25) is 0 Å². The van der Waals surface area contributed by atoms with Crippen molar-refractivity contribution in [3.05, 3.63) is 0 Å². The van der Waals surface area contributed by atoms with E-state index in [4.69, 9.17) is 0 Å². The molecule has 0 aromatic carbocycles. The molecule has 0 atom stereocenters. The van der Waals surface area contributed by atoms with Gasteiger partial charge in [0.25, 0.3) is 0 Å². The molecule has 0 rings (SSSR count). The largest absolute Gasteiger partial charge is 0.519 e. The molecule has 4 heteroatoms. The quantitative estimate of drug-likeness (QED) is 0.491. The summed E-state index contributed by atoms with van der Waals surface area (Å²) in [4.78, 5) is 9.69. The van der Waals surface area contributed by atoms with Crippen LogP contribution in [0.4, 0.5) is 4.79 Å². The minimum atomic E-state index is -0.741. The maximum Gasteiger partial charge on any atom is 0.519 e.